The quantitative estimate of drug-likeness (QED) is 0.811. The third-order valence-corrected chi connectivity index (χ3v) is 2.50. The molecule has 4 N–H and O–H groups in total. The molecule has 1 heterocycles. The Morgan fingerprint density at radius 1 is 1.38 bits per heavy atom. The average Bonchev–Trinajstić information content (AvgIpc) is 2.61. The van der Waals surface area contributed by atoms with Gasteiger partial charge in [-0.15, -0.1) is 0 Å². The molecule has 2 aromatic rings. The van der Waals surface area contributed by atoms with Crippen LogP contribution in [0, 0.1) is 6.92 Å². The Bertz CT molecular complexity index is 488. The minimum absolute atomic E-state index is 0.562. The first-order valence-electron chi connectivity index (χ1n) is 5.32. The van der Waals surface area contributed by atoms with Crippen LogP contribution in [0.3, 0.4) is 0 Å². The highest BCUT2D eigenvalue weighted by Gasteiger charge is 2.06. The van der Waals surface area contributed by atoms with Gasteiger partial charge in [-0.05, 0) is 37.6 Å². The summed E-state index contributed by atoms with van der Waals surface area (Å²) in [7, 11) is 0. The Labute approximate surface area is 94.9 Å². The molecule has 0 aliphatic carbocycles. The predicted octanol–water partition coefficient (Wildman–Crippen LogP) is 1.26. The van der Waals surface area contributed by atoms with E-state index in [9.17, 15) is 0 Å². The zero-order valence-corrected chi connectivity index (χ0v) is 9.35. The Balaban J connectivity index is 2.37. The first kappa shape index (κ1) is 10.7. The van der Waals surface area contributed by atoms with Crippen molar-refractivity contribution in [1.29, 1.82) is 0 Å². The Morgan fingerprint density at radius 2 is 2.19 bits per heavy atom. The molecule has 0 unspecified atom stereocenters. The van der Waals surface area contributed by atoms with Crippen LogP contribution in [0.2, 0.25) is 0 Å². The number of aromatic nitrogens is 2. The van der Waals surface area contributed by atoms with E-state index in [0.29, 0.717) is 12.4 Å². The zero-order valence-electron chi connectivity index (χ0n) is 9.35. The fraction of sp³-hybridized carbons (Fsp3) is 0.250. The van der Waals surface area contributed by atoms with Gasteiger partial charge in [0.25, 0.3) is 0 Å². The molecule has 0 fully saturated rings. The number of nitrogens with two attached hydrogens (primary N) is 2. The molecule has 0 amide bonds. The van der Waals surface area contributed by atoms with Crippen LogP contribution in [0.5, 0.6) is 0 Å². The second-order valence-corrected chi connectivity index (χ2v) is 3.86. The molecule has 0 aliphatic heterocycles. The number of rotatable bonds is 3. The molecule has 0 saturated heterocycles. The topological polar surface area (TPSA) is 69.9 Å². The van der Waals surface area contributed by atoms with Crippen LogP contribution in [0.25, 0.3) is 5.69 Å². The van der Waals surface area contributed by atoms with Crippen molar-refractivity contribution in [2.75, 3.05) is 12.3 Å². The Kier molecular flexibility index (Phi) is 2.92. The van der Waals surface area contributed by atoms with Gasteiger partial charge in [-0.3, -0.25) is 0 Å². The number of hydrogen-bond acceptors (Lipinski definition) is 3. The summed E-state index contributed by atoms with van der Waals surface area (Å²) in [4.78, 5) is 0. The van der Waals surface area contributed by atoms with E-state index in [-0.39, 0.29) is 0 Å². The molecule has 84 valence electrons. The van der Waals surface area contributed by atoms with Gasteiger partial charge in [0.2, 0.25) is 0 Å². The van der Waals surface area contributed by atoms with Gasteiger partial charge in [0.1, 0.15) is 5.82 Å². The fourth-order valence-electron chi connectivity index (χ4n) is 1.67. The number of benzene rings is 1. The van der Waals surface area contributed by atoms with Crippen LogP contribution in [-0.2, 0) is 6.42 Å². The van der Waals surface area contributed by atoms with Gasteiger partial charge >= 0.3 is 0 Å². The molecule has 4 nitrogen and oxygen atoms in total. The minimum Gasteiger partial charge on any atom is -0.382 e. The van der Waals surface area contributed by atoms with Gasteiger partial charge in [-0.25, -0.2) is 4.68 Å². The highest BCUT2D eigenvalue weighted by atomic mass is 15.3. The second kappa shape index (κ2) is 4.37. The van der Waals surface area contributed by atoms with Crippen molar-refractivity contribution >= 4 is 5.82 Å². The molecule has 0 atom stereocenters. The molecule has 0 spiro atoms. The van der Waals surface area contributed by atoms with Gasteiger partial charge in [-0.2, -0.15) is 5.10 Å². The maximum absolute atomic E-state index is 5.82. The highest BCUT2D eigenvalue weighted by Crippen LogP contribution is 2.15. The van der Waals surface area contributed by atoms with Crippen LogP contribution in [0.1, 0.15) is 11.1 Å². The third-order valence-electron chi connectivity index (χ3n) is 2.50. The maximum atomic E-state index is 5.82. The van der Waals surface area contributed by atoms with E-state index in [0.717, 1.165) is 17.7 Å². The molecule has 2 rings (SSSR count). The molecule has 0 bridgehead atoms. The van der Waals surface area contributed by atoms with Crippen LogP contribution < -0.4 is 11.5 Å². The smallest absolute Gasteiger partial charge is 0.149 e. The molecule has 16 heavy (non-hydrogen) atoms. The third kappa shape index (κ3) is 2.06. The highest BCUT2D eigenvalue weighted by molar-refractivity contribution is 5.42. The molecule has 0 saturated carbocycles. The molecule has 1 aromatic heterocycles. The first-order valence-corrected chi connectivity index (χ1v) is 5.32. The first-order chi connectivity index (χ1) is 7.70. The van der Waals surface area contributed by atoms with Crippen LogP contribution >= 0.6 is 0 Å². The Hall–Kier alpha value is -1.81. The van der Waals surface area contributed by atoms with E-state index in [1.807, 2.05) is 18.3 Å². The number of nitrogen functional groups attached to an aromatic ring is 1. The lowest BCUT2D eigenvalue weighted by molar-refractivity contribution is 0.881. The summed E-state index contributed by atoms with van der Waals surface area (Å²) >= 11 is 0. The lowest BCUT2D eigenvalue weighted by Crippen LogP contribution is -2.03. The van der Waals surface area contributed by atoms with Crippen LogP contribution in [-0.4, -0.2) is 16.3 Å². The normalized spacial score (nSPS) is 10.6. The van der Waals surface area contributed by atoms with E-state index >= 15 is 0 Å². The number of anilines is 1. The van der Waals surface area contributed by atoms with Crippen LogP contribution in [0.4, 0.5) is 5.82 Å². The fourth-order valence-corrected chi connectivity index (χ4v) is 1.67. The Morgan fingerprint density at radius 3 is 2.88 bits per heavy atom. The van der Waals surface area contributed by atoms with E-state index in [2.05, 4.69) is 24.2 Å². The summed E-state index contributed by atoms with van der Waals surface area (Å²) in [6.07, 6.45) is 2.70. The van der Waals surface area contributed by atoms with Crippen molar-refractivity contribution in [1.82, 2.24) is 9.78 Å². The standard InChI is InChI=1S/C12H16N4/c1-9-3-2-4-11(7-9)16-8-10(5-6-13)12(14)15-16/h2-4,7-8H,5-6,13H2,1H3,(H2,14,15). The summed E-state index contributed by atoms with van der Waals surface area (Å²) in [5, 5.41) is 4.28. The van der Waals surface area contributed by atoms with Gasteiger partial charge in [0.05, 0.1) is 5.69 Å². The van der Waals surface area contributed by atoms with E-state index in [1.54, 1.807) is 4.68 Å². The van der Waals surface area contributed by atoms with Crippen LogP contribution in [0.15, 0.2) is 30.5 Å². The molecule has 0 radical (unpaired) electrons. The minimum atomic E-state index is 0.562. The molecule has 4 heteroatoms. The summed E-state index contributed by atoms with van der Waals surface area (Å²) in [5.74, 6) is 0.562. The van der Waals surface area contributed by atoms with Crippen molar-refractivity contribution < 1.29 is 0 Å². The molecular formula is C12H16N4. The summed E-state index contributed by atoms with van der Waals surface area (Å²) in [6.45, 7) is 2.64. The number of hydrogen-bond donors (Lipinski definition) is 2. The average molecular weight is 216 g/mol. The predicted molar refractivity (Wildman–Crippen MR) is 65.5 cm³/mol. The summed E-state index contributed by atoms with van der Waals surface area (Å²) < 4.78 is 1.80. The van der Waals surface area contributed by atoms with Gasteiger partial charge in [-0.1, -0.05) is 12.1 Å². The SMILES string of the molecule is Cc1cccc(-n2cc(CCN)c(N)n2)c1. The number of nitrogens with zero attached hydrogens (tertiary/aromatic N) is 2. The molecular weight excluding hydrogens is 200 g/mol. The van der Waals surface area contributed by atoms with E-state index < -0.39 is 0 Å². The largest absolute Gasteiger partial charge is 0.382 e. The summed E-state index contributed by atoms with van der Waals surface area (Å²) in [5.41, 5.74) is 14.6. The van der Waals surface area contributed by atoms with Crippen molar-refractivity contribution in [2.45, 2.75) is 13.3 Å². The summed E-state index contributed by atoms with van der Waals surface area (Å²) in [6, 6.07) is 8.13. The maximum Gasteiger partial charge on any atom is 0.149 e. The zero-order chi connectivity index (χ0) is 11.5. The second-order valence-electron chi connectivity index (χ2n) is 3.86. The number of aryl methyl sites for hydroxylation is 1. The molecule has 1 aromatic carbocycles. The van der Waals surface area contributed by atoms with Crippen molar-refractivity contribution in [3.05, 3.63) is 41.6 Å². The van der Waals surface area contributed by atoms with Crippen molar-refractivity contribution in [3.63, 3.8) is 0 Å². The van der Waals surface area contributed by atoms with Gasteiger partial charge in [0, 0.05) is 11.8 Å². The van der Waals surface area contributed by atoms with E-state index in [1.165, 1.54) is 5.56 Å². The van der Waals surface area contributed by atoms with Gasteiger partial charge < -0.3 is 11.5 Å². The lowest BCUT2D eigenvalue weighted by Gasteiger charge is -2.01. The van der Waals surface area contributed by atoms with E-state index in [4.69, 9.17) is 11.5 Å². The van der Waals surface area contributed by atoms with Crippen molar-refractivity contribution in [2.24, 2.45) is 5.73 Å². The van der Waals surface area contributed by atoms with Gasteiger partial charge in [0.15, 0.2) is 0 Å². The van der Waals surface area contributed by atoms with Crippen molar-refractivity contribution in [3.8, 4) is 5.69 Å². The lowest BCUT2D eigenvalue weighted by atomic mass is 10.2. The molecule has 0 aliphatic rings. The monoisotopic (exact) mass is 216 g/mol.